The quantitative estimate of drug-likeness (QED) is 0.424. The van der Waals surface area contributed by atoms with Crippen molar-refractivity contribution in [3.05, 3.63) is 101 Å². The molecule has 1 aliphatic carbocycles. The summed E-state index contributed by atoms with van der Waals surface area (Å²) in [5.74, 6) is -0.371. The van der Waals surface area contributed by atoms with E-state index in [9.17, 15) is 17.4 Å². The molecule has 3 aromatic rings. The molecule has 0 aromatic heterocycles. The summed E-state index contributed by atoms with van der Waals surface area (Å²) >= 11 is 0. The molecule has 0 fully saturated rings. The zero-order valence-corrected chi connectivity index (χ0v) is 19.5. The first-order valence-electron chi connectivity index (χ1n) is 10.9. The summed E-state index contributed by atoms with van der Waals surface area (Å²) in [4.78, 5) is 0.294. The van der Waals surface area contributed by atoms with Gasteiger partial charge in [-0.25, -0.2) is 13.3 Å². The van der Waals surface area contributed by atoms with Gasteiger partial charge in [0.25, 0.3) is 0 Å². The second kappa shape index (κ2) is 10.0. The minimum absolute atomic E-state index is 0.294. The van der Waals surface area contributed by atoms with Crippen LogP contribution >= 0.6 is 0 Å². The predicted octanol–water partition coefficient (Wildman–Crippen LogP) is 6.17. The first-order valence-corrected chi connectivity index (χ1v) is 12.4. The number of ether oxygens (including phenoxy) is 1. The van der Waals surface area contributed by atoms with E-state index in [4.69, 9.17) is 0 Å². The lowest BCUT2D eigenvalue weighted by atomic mass is 9.93. The Morgan fingerprint density at radius 1 is 0.941 bits per heavy atom. The van der Waals surface area contributed by atoms with Crippen LogP contribution in [-0.4, -0.2) is 24.2 Å². The fourth-order valence-corrected chi connectivity index (χ4v) is 5.54. The number of hydrogen-bond acceptors (Lipinski definition) is 3. The molecular formula is C26H25F3N2O2S. The molecule has 0 saturated heterocycles. The van der Waals surface area contributed by atoms with Crippen LogP contribution in [-0.2, 0) is 22.8 Å². The Labute approximate surface area is 197 Å². The number of aryl methyl sites for hydroxylation is 2. The maximum atomic E-state index is 13.3. The number of hydrogen-bond donors (Lipinski definition) is 1. The van der Waals surface area contributed by atoms with Crippen molar-refractivity contribution >= 4 is 15.5 Å². The van der Waals surface area contributed by atoms with Gasteiger partial charge < -0.3 is 4.74 Å². The summed E-state index contributed by atoms with van der Waals surface area (Å²) in [6, 6.07) is 21.7. The number of nitrogens with one attached hydrogen (secondary N) is 1. The van der Waals surface area contributed by atoms with Crippen LogP contribution in [0.15, 0.2) is 88.1 Å². The highest BCUT2D eigenvalue weighted by molar-refractivity contribution is 7.91. The van der Waals surface area contributed by atoms with Gasteiger partial charge in [-0.1, -0.05) is 54.6 Å². The zero-order chi connectivity index (χ0) is 24.2. The van der Waals surface area contributed by atoms with Gasteiger partial charge in [-0.3, -0.25) is 0 Å². The molecule has 8 heteroatoms. The molecule has 0 bridgehead atoms. The Morgan fingerprint density at radius 3 is 2.03 bits per heavy atom. The SMILES string of the molecule is CN=S(=O)(NCCC=C1c2ccccc2CCc2ccccc21)c1ccc(OC(F)(F)F)cc1. The Morgan fingerprint density at radius 2 is 1.50 bits per heavy atom. The number of alkyl halides is 3. The topological polar surface area (TPSA) is 50.7 Å². The molecule has 178 valence electrons. The van der Waals surface area contributed by atoms with E-state index in [1.54, 1.807) is 0 Å². The molecule has 1 atom stereocenters. The van der Waals surface area contributed by atoms with Gasteiger partial charge in [-0.05, 0) is 71.4 Å². The third kappa shape index (κ3) is 5.51. The van der Waals surface area contributed by atoms with Crippen LogP contribution in [0.1, 0.15) is 28.7 Å². The molecule has 0 radical (unpaired) electrons. The van der Waals surface area contributed by atoms with E-state index in [0.29, 0.717) is 17.9 Å². The minimum Gasteiger partial charge on any atom is -0.406 e. The molecule has 34 heavy (non-hydrogen) atoms. The van der Waals surface area contributed by atoms with E-state index < -0.39 is 16.3 Å². The van der Waals surface area contributed by atoms with Crippen LogP contribution in [0.25, 0.3) is 5.57 Å². The molecule has 4 nitrogen and oxygen atoms in total. The average Bonchev–Trinajstić information content (AvgIpc) is 2.98. The van der Waals surface area contributed by atoms with Crippen LogP contribution in [0.3, 0.4) is 0 Å². The smallest absolute Gasteiger partial charge is 0.406 e. The van der Waals surface area contributed by atoms with Crippen molar-refractivity contribution in [2.45, 2.75) is 30.5 Å². The molecule has 0 amide bonds. The van der Waals surface area contributed by atoms with Crippen LogP contribution < -0.4 is 9.46 Å². The maximum absolute atomic E-state index is 13.3. The minimum atomic E-state index is -4.78. The molecule has 1 unspecified atom stereocenters. The molecule has 0 saturated carbocycles. The van der Waals surface area contributed by atoms with Crippen molar-refractivity contribution < 1.29 is 22.1 Å². The fourth-order valence-electron chi connectivity index (χ4n) is 4.13. The van der Waals surface area contributed by atoms with Crippen molar-refractivity contribution in [2.75, 3.05) is 13.6 Å². The van der Waals surface area contributed by atoms with Crippen molar-refractivity contribution in [2.24, 2.45) is 4.36 Å². The lowest BCUT2D eigenvalue weighted by Gasteiger charge is -2.14. The van der Waals surface area contributed by atoms with E-state index in [1.807, 2.05) is 12.1 Å². The van der Waals surface area contributed by atoms with Gasteiger partial charge in [0.05, 0.1) is 4.90 Å². The lowest BCUT2D eigenvalue weighted by molar-refractivity contribution is -0.274. The molecular weight excluding hydrogens is 461 g/mol. The molecule has 0 heterocycles. The van der Waals surface area contributed by atoms with Gasteiger partial charge in [-0.2, -0.15) is 0 Å². The van der Waals surface area contributed by atoms with E-state index in [-0.39, 0.29) is 5.75 Å². The van der Waals surface area contributed by atoms with Crippen LogP contribution in [0, 0.1) is 0 Å². The van der Waals surface area contributed by atoms with Gasteiger partial charge in [0.15, 0.2) is 0 Å². The first kappa shape index (κ1) is 24.0. The molecule has 4 rings (SSSR count). The summed E-state index contributed by atoms with van der Waals surface area (Å²) in [5.41, 5.74) is 6.15. The third-order valence-electron chi connectivity index (χ3n) is 5.70. The highest BCUT2D eigenvalue weighted by Gasteiger charge is 2.31. The molecule has 1 aliphatic rings. The summed E-state index contributed by atoms with van der Waals surface area (Å²) in [6.07, 6.45) is -0.0939. The average molecular weight is 487 g/mol. The van der Waals surface area contributed by atoms with Crippen LogP contribution in [0.5, 0.6) is 5.75 Å². The Balaban J connectivity index is 1.52. The van der Waals surface area contributed by atoms with Gasteiger partial charge in [0, 0.05) is 13.6 Å². The van der Waals surface area contributed by atoms with Crippen molar-refractivity contribution in [1.29, 1.82) is 0 Å². The molecule has 0 aliphatic heterocycles. The normalized spacial score (nSPS) is 14.9. The number of halogens is 3. The van der Waals surface area contributed by atoms with Gasteiger partial charge in [0.2, 0.25) is 0 Å². The van der Waals surface area contributed by atoms with Gasteiger partial charge in [0.1, 0.15) is 15.7 Å². The lowest BCUT2D eigenvalue weighted by Crippen LogP contribution is -2.24. The Bertz CT molecular complexity index is 1260. The van der Waals surface area contributed by atoms with Crippen molar-refractivity contribution in [3.8, 4) is 5.75 Å². The summed E-state index contributed by atoms with van der Waals surface area (Å²) in [7, 11) is -1.57. The fraction of sp³-hybridized carbons (Fsp3) is 0.231. The van der Waals surface area contributed by atoms with Crippen molar-refractivity contribution in [3.63, 3.8) is 0 Å². The standard InChI is InChI=1S/C26H25F3N2O2S/c1-30-34(32,22-16-14-21(15-17-22)33-26(27,28)29)31-18-6-11-25-23-9-4-2-7-19(23)12-13-20-8-3-5-10-24(20)25/h2-5,7-11,14-17H,6,12-13,18H2,1H3,(H,30,31,32). The van der Waals surface area contributed by atoms with Gasteiger partial charge >= 0.3 is 6.36 Å². The monoisotopic (exact) mass is 486 g/mol. The summed E-state index contributed by atoms with van der Waals surface area (Å²) < 4.78 is 61.4. The predicted molar refractivity (Wildman–Crippen MR) is 128 cm³/mol. The summed E-state index contributed by atoms with van der Waals surface area (Å²) in [5, 5.41) is 0. The maximum Gasteiger partial charge on any atom is 0.573 e. The first-order chi connectivity index (χ1) is 16.3. The van der Waals surface area contributed by atoms with E-state index in [1.165, 1.54) is 41.4 Å². The number of fused-ring (bicyclic) bond motifs is 2. The van der Waals surface area contributed by atoms with Crippen molar-refractivity contribution in [1.82, 2.24) is 4.72 Å². The third-order valence-corrected chi connectivity index (χ3v) is 7.72. The van der Waals surface area contributed by atoms with E-state index in [0.717, 1.165) is 30.5 Å². The molecule has 3 aromatic carbocycles. The largest absolute Gasteiger partial charge is 0.573 e. The molecule has 0 spiro atoms. The number of rotatable bonds is 6. The number of benzene rings is 3. The number of nitrogens with zero attached hydrogens (tertiary/aromatic N) is 1. The van der Waals surface area contributed by atoms with E-state index >= 15 is 0 Å². The highest BCUT2D eigenvalue weighted by atomic mass is 32.2. The Kier molecular flexibility index (Phi) is 7.09. The second-order valence-electron chi connectivity index (χ2n) is 7.84. The van der Waals surface area contributed by atoms with Crippen LogP contribution in [0.2, 0.25) is 0 Å². The van der Waals surface area contributed by atoms with E-state index in [2.05, 4.69) is 56.3 Å². The zero-order valence-electron chi connectivity index (χ0n) is 18.6. The highest BCUT2D eigenvalue weighted by Crippen LogP contribution is 2.33. The van der Waals surface area contributed by atoms with Crippen LogP contribution in [0.4, 0.5) is 13.2 Å². The second-order valence-corrected chi connectivity index (χ2v) is 10.0. The molecule has 1 N–H and O–H groups in total. The Hall–Kier alpha value is -3.10. The summed E-state index contributed by atoms with van der Waals surface area (Å²) in [6.45, 7) is 0.380. The van der Waals surface area contributed by atoms with Gasteiger partial charge in [-0.15, -0.1) is 13.2 Å².